The van der Waals surface area contributed by atoms with Crippen LogP contribution < -0.4 is 9.64 Å². The zero-order valence-corrected chi connectivity index (χ0v) is 19.8. The van der Waals surface area contributed by atoms with Gasteiger partial charge in [0.25, 0.3) is 0 Å². The zero-order valence-electron chi connectivity index (χ0n) is 19.8. The number of rotatable bonds is 6. The lowest BCUT2D eigenvalue weighted by atomic mass is 9.91. The molecule has 1 amide bonds. The number of halogens is 1. The summed E-state index contributed by atoms with van der Waals surface area (Å²) in [4.78, 5) is 30.9. The fourth-order valence-electron chi connectivity index (χ4n) is 5.02. The Kier molecular flexibility index (Phi) is 6.92. The lowest BCUT2D eigenvalue weighted by molar-refractivity contribution is -0.134. The minimum Gasteiger partial charge on any atom is -0.496 e. The Bertz CT molecular complexity index is 983. The van der Waals surface area contributed by atoms with E-state index in [1.165, 1.54) is 31.4 Å². The number of hydrogen-bond acceptors (Lipinski definition) is 7. The van der Waals surface area contributed by atoms with Gasteiger partial charge in [-0.15, -0.1) is 0 Å². The second-order valence-electron chi connectivity index (χ2n) is 9.37. The minimum absolute atomic E-state index is 0.245. The molecule has 9 heteroatoms. The fourth-order valence-corrected chi connectivity index (χ4v) is 5.02. The molecule has 0 N–H and O–H groups in total. The monoisotopic (exact) mass is 468 g/mol. The molecule has 2 aromatic rings. The molecule has 1 aromatic heterocycles. The van der Waals surface area contributed by atoms with E-state index in [1.807, 2.05) is 4.90 Å². The number of aromatic nitrogens is 2. The molecule has 0 radical (unpaired) electrons. The van der Waals surface area contributed by atoms with Crippen LogP contribution in [0.1, 0.15) is 19.3 Å². The molecule has 3 fully saturated rings. The maximum Gasteiger partial charge on any atom is 0.236 e. The van der Waals surface area contributed by atoms with Crippen molar-refractivity contribution in [1.29, 1.82) is 0 Å². The predicted molar refractivity (Wildman–Crippen MR) is 128 cm³/mol. The van der Waals surface area contributed by atoms with E-state index in [0.717, 1.165) is 64.2 Å². The van der Waals surface area contributed by atoms with E-state index in [1.54, 1.807) is 25.6 Å². The number of ether oxygens (including phenoxy) is 1. The molecule has 2 saturated heterocycles. The third kappa shape index (κ3) is 5.00. The van der Waals surface area contributed by atoms with Crippen LogP contribution in [0.25, 0.3) is 11.3 Å². The van der Waals surface area contributed by atoms with Gasteiger partial charge in [0.1, 0.15) is 17.4 Å². The molecule has 1 aliphatic carbocycles. The number of nitrogens with zero attached hydrogens (tertiary/aromatic N) is 6. The van der Waals surface area contributed by atoms with E-state index in [9.17, 15) is 9.18 Å². The summed E-state index contributed by atoms with van der Waals surface area (Å²) >= 11 is 0. The maximum atomic E-state index is 13.7. The van der Waals surface area contributed by atoms with Crippen LogP contribution in [0.4, 0.5) is 10.2 Å². The Morgan fingerprint density at radius 3 is 2.41 bits per heavy atom. The lowest BCUT2D eigenvalue weighted by Gasteiger charge is -2.43. The predicted octanol–water partition coefficient (Wildman–Crippen LogP) is 2.11. The van der Waals surface area contributed by atoms with Gasteiger partial charge in [-0.25, -0.2) is 9.37 Å². The van der Waals surface area contributed by atoms with Crippen molar-refractivity contribution in [1.82, 2.24) is 24.7 Å². The number of carbonyl (C=O) groups is 1. The number of piperazine rings is 2. The lowest BCUT2D eigenvalue weighted by Crippen LogP contribution is -2.56. The smallest absolute Gasteiger partial charge is 0.236 e. The number of amides is 1. The molecule has 0 spiro atoms. The Morgan fingerprint density at radius 2 is 1.79 bits per heavy atom. The van der Waals surface area contributed by atoms with E-state index in [-0.39, 0.29) is 11.7 Å². The molecular formula is C25H33FN6O2. The first-order valence-corrected chi connectivity index (χ1v) is 12.3. The summed E-state index contributed by atoms with van der Waals surface area (Å²) in [7, 11) is 1.55. The van der Waals surface area contributed by atoms with Gasteiger partial charge in [0.2, 0.25) is 5.91 Å². The van der Waals surface area contributed by atoms with Crippen molar-refractivity contribution in [3.63, 3.8) is 0 Å². The van der Waals surface area contributed by atoms with E-state index in [0.29, 0.717) is 23.6 Å². The molecule has 3 heterocycles. The number of anilines is 1. The highest BCUT2D eigenvalue weighted by molar-refractivity contribution is 5.78. The highest BCUT2D eigenvalue weighted by Crippen LogP contribution is 2.29. The summed E-state index contributed by atoms with van der Waals surface area (Å²) in [6, 6.07) is 5.13. The first-order chi connectivity index (χ1) is 16.6. The van der Waals surface area contributed by atoms with Crippen LogP contribution in [0.5, 0.6) is 5.75 Å². The molecule has 5 rings (SSSR count). The molecule has 1 aromatic carbocycles. The van der Waals surface area contributed by atoms with Gasteiger partial charge in [-0.05, 0) is 31.0 Å². The van der Waals surface area contributed by atoms with Crippen LogP contribution in [0, 0.1) is 5.82 Å². The quantitative estimate of drug-likeness (QED) is 0.643. The molecule has 1 saturated carbocycles. The highest BCUT2D eigenvalue weighted by atomic mass is 19.1. The molecular weight excluding hydrogens is 435 g/mol. The summed E-state index contributed by atoms with van der Waals surface area (Å²) in [5.74, 6) is 1.26. The van der Waals surface area contributed by atoms with Crippen LogP contribution in [0.3, 0.4) is 0 Å². The number of methoxy groups -OCH3 is 1. The molecule has 8 nitrogen and oxygen atoms in total. The Hall–Kier alpha value is -2.78. The Labute approximate surface area is 200 Å². The average Bonchev–Trinajstić information content (AvgIpc) is 2.84. The van der Waals surface area contributed by atoms with Crippen molar-refractivity contribution in [2.24, 2.45) is 0 Å². The summed E-state index contributed by atoms with van der Waals surface area (Å²) in [6.45, 7) is 7.44. The molecule has 0 atom stereocenters. The van der Waals surface area contributed by atoms with Gasteiger partial charge in [0.15, 0.2) is 0 Å². The maximum absolute atomic E-state index is 13.7. The second-order valence-corrected chi connectivity index (χ2v) is 9.37. The van der Waals surface area contributed by atoms with Gasteiger partial charge in [-0.1, -0.05) is 6.42 Å². The minimum atomic E-state index is -0.340. The fraction of sp³-hybridized carbons (Fsp3) is 0.560. The van der Waals surface area contributed by atoms with E-state index >= 15 is 0 Å². The summed E-state index contributed by atoms with van der Waals surface area (Å²) in [6.07, 6.45) is 7.38. The van der Waals surface area contributed by atoms with Crippen LogP contribution in [-0.4, -0.2) is 103 Å². The highest BCUT2D eigenvalue weighted by Gasteiger charge is 2.30. The molecule has 3 aliphatic rings. The Morgan fingerprint density at radius 1 is 1.03 bits per heavy atom. The van der Waals surface area contributed by atoms with E-state index in [4.69, 9.17) is 4.74 Å². The van der Waals surface area contributed by atoms with Gasteiger partial charge in [0.05, 0.1) is 31.7 Å². The molecule has 2 aliphatic heterocycles. The zero-order chi connectivity index (χ0) is 23.5. The van der Waals surface area contributed by atoms with Crippen molar-refractivity contribution >= 4 is 11.7 Å². The summed E-state index contributed by atoms with van der Waals surface area (Å²) in [5, 5.41) is 0. The number of benzene rings is 1. The topological polar surface area (TPSA) is 65.0 Å². The molecule has 182 valence electrons. The van der Waals surface area contributed by atoms with Gasteiger partial charge in [-0.2, -0.15) is 0 Å². The van der Waals surface area contributed by atoms with Gasteiger partial charge in [-0.3, -0.25) is 19.6 Å². The van der Waals surface area contributed by atoms with Gasteiger partial charge < -0.3 is 14.5 Å². The standard InChI is InChI=1S/C25H33FN6O2/c1-34-23-6-5-19(26)15-21(23)22-16-28-24(17-27-22)31-9-7-29(8-10-31)18-25(33)32-13-11-30(12-14-32)20-3-2-4-20/h5-6,15-17,20H,2-4,7-14,18H2,1H3. The molecule has 0 unspecified atom stereocenters. The van der Waals surface area contributed by atoms with Gasteiger partial charge >= 0.3 is 0 Å². The van der Waals surface area contributed by atoms with Crippen LogP contribution >= 0.6 is 0 Å². The number of carbonyl (C=O) groups excluding carboxylic acids is 1. The molecule has 0 bridgehead atoms. The molecule has 34 heavy (non-hydrogen) atoms. The average molecular weight is 469 g/mol. The SMILES string of the molecule is COc1ccc(F)cc1-c1cnc(N2CCN(CC(=O)N3CCN(C4CCC4)CC3)CC2)cn1. The third-order valence-electron chi connectivity index (χ3n) is 7.39. The van der Waals surface area contributed by atoms with E-state index < -0.39 is 0 Å². The van der Waals surface area contributed by atoms with Crippen molar-refractivity contribution in [3.8, 4) is 17.0 Å². The van der Waals surface area contributed by atoms with Crippen molar-refractivity contribution in [2.45, 2.75) is 25.3 Å². The van der Waals surface area contributed by atoms with Crippen molar-refractivity contribution in [2.75, 3.05) is 70.9 Å². The number of hydrogen-bond donors (Lipinski definition) is 0. The summed E-state index contributed by atoms with van der Waals surface area (Å²) < 4.78 is 19.0. The van der Waals surface area contributed by atoms with Crippen molar-refractivity contribution in [3.05, 3.63) is 36.4 Å². The van der Waals surface area contributed by atoms with Crippen molar-refractivity contribution < 1.29 is 13.9 Å². The second kappa shape index (κ2) is 10.2. The van der Waals surface area contributed by atoms with Crippen LogP contribution in [0.15, 0.2) is 30.6 Å². The first kappa shape index (κ1) is 23.0. The van der Waals surface area contributed by atoms with Crippen LogP contribution in [0.2, 0.25) is 0 Å². The normalized spacial score (nSPS) is 20.3. The largest absolute Gasteiger partial charge is 0.496 e. The van der Waals surface area contributed by atoms with E-state index in [2.05, 4.69) is 24.7 Å². The Balaban J connectivity index is 1.11. The first-order valence-electron chi connectivity index (χ1n) is 12.3. The third-order valence-corrected chi connectivity index (χ3v) is 7.39. The van der Waals surface area contributed by atoms with Gasteiger partial charge in [0, 0.05) is 64.0 Å². The van der Waals surface area contributed by atoms with Crippen LogP contribution in [-0.2, 0) is 4.79 Å². The summed E-state index contributed by atoms with van der Waals surface area (Å²) in [5.41, 5.74) is 1.15.